The predicted molar refractivity (Wildman–Crippen MR) is 81.9 cm³/mol. The minimum atomic E-state index is 0.0376. The molecule has 0 radical (unpaired) electrons. The van der Waals surface area contributed by atoms with Crippen molar-refractivity contribution in [2.24, 2.45) is 0 Å². The van der Waals surface area contributed by atoms with E-state index in [2.05, 4.69) is 41.0 Å². The molecule has 1 amide bonds. The lowest BCUT2D eigenvalue weighted by Crippen LogP contribution is -2.47. The van der Waals surface area contributed by atoms with Gasteiger partial charge in [0.1, 0.15) is 0 Å². The Balaban J connectivity index is 2.33. The molecule has 0 N–H and O–H groups in total. The average Bonchev–Trinajstić information content (AvgIpc) is 2.35. The van der Waals surface area contributed by atoms with Gasteiger partial charge in [-0.3, -0.25) is 4.79 Å². The van der Waals surface area contributed by atoms with E-state index in [-0.39, 0.29) is 12.5 Å². The summed E-state index contributed by atoms with van der Waals surface area (Å²) in [5.41, 5.74) is 0. The Labute approximate surface area is 123 Å². The van der Waals surface area contributed by atoms with Crippen LogP contribution in [0.15, 0.2) is 12.8 Å². The van der Waals surface area contributed by atoms with Crippen LogP contribution in [0.25, 0.3) is 0 Å². The summed E-state index contributed by atoms with van der Waals surface area (Å²) in [5, 5.41) is 0. The molecule has 0 bridgehead atoms. The molecular formula is C13H23IN2O2. The highest BCUT2D eigenvalue weighted by Crippen LogP contribution is 2.17. The summed E-state index contributed by atoms with van der Waals surface area (Å²) >= 11 is 2.46. The minimum Gasteiger partial charge on any atom is -0.492 e. The molecule has 1 atom stereocenters. The third kappa shape index (κ3) is 5.14. The molecule has 1 heterocycles. The van der Waals surface area contributed by atoms with Crippen LogP contribution in [0.4, 0.5) is 0 Å². The van der Waals surface area contributed by atoms with Crippen molar-refractivity contribution in [1.82, 2.24) is 9.80 Å². The first-order valence-electron chi connectivity index (χ1n) is 6.39. The van der Waals surface area contributed by atoms with E-state index in [1.54, 1.807) is 0 Å². The van der Waals surface area contributed by atoms with Crippen molar-refractivity contribution in [2.45, 2.75) is 29.7 Å². The summed E-state index contributed by atoms with van der Waals surface area (Å²) in [4.78, 5) is 16.1. The van der Waals surface area contributed by atoms with Gasteiger partial charge in [0.05, 0.1) is 6.26 Å². The van der Waals surface area contributed by atoms with Crippen LogP contribution in [0.5, 0.6) is 0 Å². The molecule has 18 heavy (non-hydrogen) atoms. The first-order valence-corrected chi connectivity index (χ1v) is 7.63. The summed E-state index contributed by atoms with van der Waals surface area (Å²) in [5.74, 6) is 0.0376. The van der Waals surface area contributed by atoms with Gasteiger partial charge in [-0.05, 0) is 12.8 Å². The summed E-state index contributed by atoms with van der Waals surface area (Å²) in [6.07, 6.45) is 3.43. The van der Waals surface area contributed by atoms with E-state index in [1.807, 2.05) is 11.9 Å². The van der Waals surface area contributed by atoms with Crippen LogP contribution in [0, 0.1) is 0 Å². The van der Waals surface area contributed by atoms with Crippen LogP contribution in [-0.4, -0.2) is 59.0 Å². The largest absolute Gasteiger partial charge is 0.492 e. The smallest absolute Gasteiger partial charge is 0.260 e. The van der Waals surface area contributed by atoms with Crippen LogP contribution in [0.2, 0.25) is 0 Å². The van der Waals surface area contributed by atoms with E-state index >= 15 is 0 Å². The normalized spacial score (nSPS) is 19.3. The van der Waals surface area contributed by atoms with E-state index in [4.69, 9.17) is 4.74 Å². The quantitative estimate of drug-likeness (QED) is 0.409. The van der Waals surface area contributed by atoms with Gasteiger partial charge >= 0.3 is 0 Å². The van der Waals surface area contributed by atoms with Crippen molar-refractivity contribution in [3.8, 4) is 0 Å². The Morgan fingerprint density at radius 2 is 2.22 bits per heavy atom. The zero-order chi connectivity index (χ0) is 13.5. The molecule has 104 valence electrons. The Bertz CT molecular complexity index is 276. The monoisotopic (exact) mass is 366 g/mol. The van der Waals surface area contributed by atoms with Crippen molar-refractivity contribution in [1.29, 1.82) is 0 Å². The number of rotatable bonds is 6. The second-order valence-corrected chi connectivity index (χ2v) is 6.92. The zero-order valence-corrected chi connectivity index (χ0v) is 13.4. The molecule has 1 aliphatic heterocycles. The molecule has 5 heteroatoms. The summed E-state index contributed by atoms with van der Waals surface area (Å²) in [6, 6.07) is 0.353. The second kappa shape index (κ2) is 7.99. The molecule has 1 fully saturated rings. The molecule has 1 aliphatic rings. The van der Waals surface area contributed by atoms with Crippen LogP contribution >= 0.6 is 22.6 Å². The Morgan fingerprint density at radius 1 is 1.61 bits per heavy atom. The van der Waals surface area contributed by atoms with Crippen LogP contribution in [-0.2, 0) is 9.53 Å². The van der Waals surface area contributed by atoms with E-state index < -0.39 is 0 Å². The molecule has 0 saturated carbocycles. The van der Waals surface area contributed by atoms with Gasteiger partial charge in [-0.2, -0.15) is 0 Å². The second-order valence-electron chi connectivity index (χ2n) is 4.79. The number of alkyl halides is 1. The van der Waals surface area contributed by atoms with Gasteiger partial charge in [-0.25, -0.2) is 0 Å². The van der Waals surface area contributed by atoms with Gasteiger partial charge in [-0.1, -0.05) is 36.1 Å². The number of likely N-dealkylation sites (tertiary alicyclic amines) is 1. The van der Waals surface area contributed by atoms with E-state index in [1.165, 1.54) is 6.26 Å². The number of nitrogens with zero attached hydrogens (tertiary/aromatic N) is 2. The summed E-state index contributed by atoms with van der Waals surface area (Å²) in [7, 11) is 1.87. The lowest BCUT2D eigenvalue weighted by atomic mass is 10.0. The number of hydrogen-bond acceptors (Lipinski definition) is 3. The fourth-order valence-corrected chi connectivity index (χ4v) is 2.84. The maximum Gasteiger partial charge on any atom is 0.260 e. The van der Waals surface area contributed by atoms with Crippen molar-refractivity contribution < 1.29 is 9.53 Å². The van der Waals surface area contributed by atoms with Gasteiger partial charge in [0.25, 0.3) is 5.91 Å². The highest BCUT2D eigenvalue weighted by atomic mass is 127. The first-order chi connectivity index (χ1) is 8.54. The predicted octanol–water partition coefficient (Wildman–Crippen LogP) is 1.89. The highest BCUT2D eigenvalue weighted by Gasteiger charge is 2.25. The summed E-state index contributed by atoms with van der Waals surface area (Å²) < 4.78 is 5.62. The van der Waals surface area contributed by atoms with E-state index in [0.29, 0.717) is 9.97 Å². The Hall–Kier alpha value is -0.300. The van der Waals surface area contributed by atoms with Crippen molar-refractivity contribution >= 4 is 28.5 Å². The molecular weight excluding hydrogens is 343 g/mol. The number of likely N-dealkylation sites (N-methyl/N-ethyl adjacent to an activating group) is 1. The van der Waals surface area contributed by atoms with E-state index in [9.17, 15) is 4.79 Å². The zero-order valence-electron chi connectivity index (χ0n) is 11.3. The highest BCUT2D eigenvalue weighted by molar-refractivity contribution is 14.1. The molecule has 0 aromatic heterocycles. The van der Waals surface area contributed by atoms with Crippen molar-refractivity contribution in [3.63, 3.8) is 0 Å². The number of carbonyl (C=O) groups excluding carboxylic acids is 1. The lowest BCUT2D eigenvalue weighted by molar-refractivity contribution is -0.136. The van der Waals surface area contributed by atoms with Crippen LogP contribution in [0.3, 0.4) is 0 Å². The van der Waals surface area contributed by atoms with Gasteiger partial charge in [0.15, 0.2) is 6.61 Å². The standard InChI is InChI=1S/C13H23IN2O2/c1-4-18-10-13(17)15(3)12-5-7-16(8-6-12)9-11(2)14/h4,11-12H,1,5-10H2,2-3H3. The molecule has 1 rings (SSSR count). The van der Waals surface area contributed by atoms with E-state index in [0.717, 1.165) is 32.5 Å². The van der Waals surface area contributed by atoms with Crippen molar-refractivity contribution in [3.05, 3.63) is 12.8 Å². The van der Waals surface area contributed by atoms with Gasteiger partial charge in [-0.15, -0.1) is 0 Å². The third-order valence-corrected chi connectivity index (χ3v) is 3.73. The Kier molecular flexibility index (Phi) is 6.99. The van der Waals surface area contributed by atoms with Crippen LogP contribution < -0.4 is 0 Å². The minimum absolute atomic E-state index is 0.0376. The first kappa shape index (κ1) is 15.8. The topological polar surface area (TPSA) is 32.8 Å². The fourth-order valence-electron chi connectivity index (χ4n) is 2.28. The van der Waals surface area contributed by atoms with Gasteiger partial charge < -0.3 is 14.5 Å². The number of piperidine rings is 1. The van der Waals surface area contributed by atoms with Gasteiger partial charge in [0, 0.05) is 36.6 Å². The fraction of sp³-hybridized carbons (Fsp3) is 0.769. The number of hydrogen-bond donors (Lipinski definition) is 0. The SMILES string of the molecule is C=COCC(=O)N(C)C1CCN(CC(C)I)CC1. The molecule has 1 unspecified atom stereocenters. The number of halogens is 1. The molecule has 0 aromatic rings. The molecule has 1 saturated heterocycles. The molecule has 0 aromatic carbocycles. The Morgan fingerprint density at radius 3 is 2.72 bits per heavy atom. The maximum atomic E-state index is 11.8. The maximum absolute atomic E-state index is 11.8. The van der Waals surface area contributed by atoms with Crippen LogP contribution in [0.1, 0.15) is 19.8 Å². The molecule has 0 spiro atoms. The number of carbonyl (C=O) groups is 1. The van der Waals surface area contributed by atoms with Gasteiger partial charge in [0.2, 0.25) is 0 Å². The third-order valence-electron chi connectivity index (χ3n) is 3.33. The number of ether oxygens (including phenoxy) is 1. The lowest BCUT2D eigenvalue weighted by Gasteiger charge is -2.37. The van der Waals surface area contributed by atoms with Crippen molar-refractivity contribution in [2.75, 3.05) is 33.3 Å². The molecule has 4 nitrogen and oxygen atoms in total. The number of amides is 1. The summed E-state index contributed by atoms with van der Waals surface area (Å²) in [6.45, 7) is 9.08. The average molecular weight is 366 g/mol. The molecule has 0 aliphatic carbocycles.